The second-order valence-corrected chi connectivity index (χ2v) is 12.6. The quantitative estimate of drug-likeness (QED) is 0.334. The SMILES string of the molecule is CCCOc1cc(C)c(C(=O)O[C@@H]2C[C@@H]3CN4CCc5c([nH]c6cc(OC)ccc56)[C@H]4C[C@@H]3[C@H](C(=O)OC)[C@H]2OC)c(C)c1. The minimum atomic E-state index is -0.609. The van der Waals surface area contributed by atoms with Crippen molar-refractivity contribution >= 4 is 22.8 Å². The number of aromatic amines is 1. The summed E-state index contributed by atoms with van der Waals surface area (Å²) in [6, 6.07) is 10.1. The molecule has 0 spiro atoms. The molecule has 9 nitrogen and oxygen atoms in total. The number of hydrogen-bond acceptors (Lipinski definition) is 8. The standard InChI is InChI=1S/C35H44N2O7/c1-7-12-43-23-13-19(2)30(20(3)14-23)35(39)44-29-15-21-18-37-11-10-25-24-9-8-22(40-4)16-27(24)36-32(25)28(37)17-26(21)31(33(29)41-5)34(38)42-6/h8-9,13-14,16,21,26,28-29,31,33,36H,7,10-12,15,17-18H2,1-6H3/t21-,26+,28-,29-,31+,33+/m1/s1. The molecule has 0 radical (unpaired) electrons. The lowest BCUT2D eigenvalue weighted by Gasteiger charge is -2.52. The van der Waals surface area contributed by atoms with Crippen molar-refractivity contribution in [1.29, 1.82) is 0 Å². The molecule has 2 fully saturated rings. The van der Waals surface area contributed by atoms with Gasteiger partial charge in [-0.15, -0.1) is 0 Å². The van der Waals surface area contributed by atoms with E-state index in [1.54, 1.807) is 14.2 Å². The molecule has 6 rings (SSSR count). The lowest BCUT2D eigenvalue weighted by molar-refractivity contribution is -0.176. The van der Waals surface area contributed by atoms with E-state index in [0.29, 0.717) is 18.6 Å². The van der Waals surface area contributed by atoms with Gasteiger partial charge in [0.25, 0.3) is 0 Å². The molecule has 6 atom stereocenters. The van der Waals surface area contributed by atoms with Crippen LogP contribution in [0, 0.1) is 31.6 Å². The normalized spacial score (nSPS) is 26.3. The molecule has 0 amide bonds. The van der Waals surface area contributed by atoms with E-state index in [9.17, 15) is 9.59 Å². The fourth-order valence-corrected chi connectivity index (χ4v) is 8.10. The van der Waals surface area contributed by atoms with Crippen LogP contribution in [0.5, 0.6) is 11.5 Å². The molecule has 0 bridgehead atoms. The van der Waals surface area contributed by atoms with Crippen LogP contribution >= 0.6 is 0 Å². The predicted octanol–water partition coefficient (Wildman–Crippen LogP) is 5.55. The lowest BCUT2D eigenvalue weighted by atomic mass is 9.63. The Morgan fingerprint density at radius 3 is 2.48 bits per heavy atom. The van der Waals surface area contributed by atoms with Gasteiger partial charge in [0.05, 0.1) is 38.3 Å². The van der Waals surface area contributed by atoms with Gasteiger partial charge in [0.2, 0.25) is 0 Å². The number of esters is 2. The largest absolute Gasteiger partial charge is 0.497 e. The number of benzene rings is 2. The summed E-state index contributed by atoms with van der Waals surface area (Å²) in [6.07, 6.45) is 2.08. The van der Waals surface area contributed by atoms with Gasteiger partial charge < -0.3 is 28.7 Å². The van der Waals surface area contributed by atoms with Crippen LogP contribution in [-0.2, 0) is 25.4 Å². The Bertz CT molecular complexity index is 1520. The molecule has 1 aromatic heterocycles. The van der Waals surface area contributed by atoms with Crippen LogP contribution in [0.1, 0.15) is 65.0 Å². The first-order valence-electron chi connectivity index (χ1n) is 15.8. The van der Waals surface area contributed by atoms with Gasteiger partial charge in [0.1, 0.15) is 23.7 Å². The Morgan fingerprint density at radius 1 is 1.02 bits per heavy atom. The van der Waals surface area contributed by atoms with Crippen LogP contribution in [-0.4, -0.2) is 75.1 Å². The van der Waals surface area contributed by atoms with Crippen molar-refractivity contribution in [3.8, 4) is 11.5 Å². The molecule has 3 aromatic rings. The third-order valence-electron chi connectivity index (χ3n) is 10.0. The van der Waals surface area contributed by atoms with Crippen molar-refractivity contribution < 1.29 is 33.3 Å². The number of aryl methyl sites for hydroxylation is 2. The zero-order valence-corrected chi connectivity index (χ0v) is 26.6. The van der Waals surface area contributed by atoms with E-state index in [1.165, 1.54) is 23.8 Å². The lowest BCUT2D eigenvalue weighted by Crippen LogP contribution is -2.58. The Hall–Kier alpha value is -3.56. The number of piperidine rings is 1. The monoisotopic (exact) mass is 604 g/mol. The van der Waals surface area contributed by atoms with Gasteiger partial charge in [-0.05, 0) is 92.3 Å². The minimum Gasteiger partial charge on any atom is -0.497 e. The topological polar surface area (TPSA) is 99.3 Å². The minimum absolute atomic E-state index is 0.0222. The second kappa shape index (κ2) is 12.4. The van der Waals surface area contributed by atoms with Gasteiger partial charge in [-0.25, -0.2) is 4.79 Å². The highest BCUT2D eigenvalue weighted by Crippen LogP contribution is 2.50. The molecule has 1 saturated carbocycles. The number of rotatable bonds is 8. The third kappa shape index (κ3) is 5.34. The maximum Gasteiger partial charge on any atom is 0.339 e. The van der Waals surface area contributed by atoms with Crippen molar-refractivity contribution in [1.82, 2.24) is 9.88 Å². The van der Waals surface area contributed by atoms with Gasteiger partial charge in [0, 0.05) is 42.9 Å². The Morgan fingerprint density at radius 2 is 1.80 bits per heavy atom. The van der Waals surface area contributed by atoms with E-state index in [1.807, 2.05) is 32.0 Å². The van der Waals surface area contributed by atoms with Crippen LogP contribution in [0.25, 0.3) is 10.9 Å². The maximum atomic E-state index is 13.7. The molecule has 2 aliphatic heterocycles. The van der Waals surface area contributed by atoms with Crippen molar-refractivity contribution in [2.45, 2.75) is 64.7 Å². The van der Waals surface area contributed by atoms with Crippen molar-refractivity contribution in [2.24, 2.45) is 17.8 Å². The summed E-state index contributed by atoms with van der Waals surface area (Å²) in [5.74, 6) is 0.473. The first kappa shape index (κ1) is 30.5. The molecule has 236 valence electrons. The summed E-state index contributed by atoms with van der Waals surface area (Å²) in [7, 11) is 4.70. The van der Waals surface area contributed by atoms with Crippen LogP contribution in [0.4, 0.5) is 0 Å². The molecule has 1 saturated heterocycles. The van der Waals surface area contributed by atoms with E-state index in [4.69, 9.17) is 23.7 Å². The highest BCUT2D eigenvalue weighted by Gasteiger charge is 2.54. The molecule has 44 heavy (non-hydrogen) atoms. The van der Waals surface area contributed by atoms with Gasteiger partial charge in [-0.3, -0.25) is 9.69 Å². The molecular weight excluding hydrogens is 560 g/mol. The summed E-state index contributed by atoms with van der Waals surface area (Å²) < 4.78 is 28.9. The van der Waals surface area contributed by atoms with E-state index in [-0.39, 0.29) is 23.8 Å². The third-order valence-corrected chi connectivity index (χ3v) is 10.0. The smallest absolute Gasteiger partial charge is 0.339 e. The molecule has 3 aliphatic rings. The molecule has 9 heteroatoms. The maximum absolute atomic E-state index is 13.7. The molecule has 2 aromatic carbocycles. The van der Waals surface area contributed by atoms with Crippen LogP contribution < -0.4 is 9.47 Å². The molecule has 1 aliphatic carbocycles. The number of carbonyl (C=O) groups is 2. The first-order chi connectivity index (χ1) is 21.3. The molecular formula is C35H44N2O7. The molecule has 3 heterocycles. The first-order valence-corrected chi connectivity index (χ1v) is 15.8. The molecule has 1 N–H and O–H groups in total. The number of nitrogens with zero attached hydrogens (tertiary/aromatic N) is 1. The Balaban J connectivity index is 1.28. The second-order valence-electron chi connectivity index (χ2n) is 12.6. The van der Waals surface area contributed by atoms with Crippen molar-refractivity contribution in [3.05, 3.63) is 58.3 Å². The van der Waals surface area contributed by atoms with Gasteiger partial charge in [-0.2, -0.15) is 0 Å². The van der Waals surface area contributed by atoms with E-state index in [2.05, 4.69) is 28.9 Å². The summed E-state index contributed by atoms with van der Waals surface area (Å²) >= 11 is 0. The van der Waals surface area contributed by atoms with Gasteiger partial charge in [-0.1, -0.05) is 6.92 Å². The number of nitrogens with one attached hydrogen (secondary N) is 1. The van der Waals surface area contributed by atoms with Gasteiger partial charge >= 0.3 is 11.9 Å². The number of ether oxygens (including phenoxy) is 5. The fraction of sp³-hybridized carbons (Fsp3) is 0.543. The highest BCUT2D eigenvalue weighted by atomic mass is 16.6. The Labute approximate surface area is 259 Å². The average Bonchev–Trinajstić information content (AvgIpc) is 3.39. The van der Waals surface area contributed by atoms with Crippen molar-refractivity contribution in [2.75, 3.05) is 41.0 Å². The summed E-state index contributed by atoms with van der Waals surface area (Å²) in [5.41, 5.74) is 5.77. The summed E-state index contributed by atoms with van der Waals surface area (Å²) in [6.45, 7) is 8.22. The number of fused-ring (bicyclic) bond motifs is 6. The average molecular weight is 605 g/mol. The fourth-order valence-electron chi connectivity index (χ4n) is 8.10. The zero-order valence-electron chi connectivity index (χ0n) is 26.6. The van der Waals surface area contributed by atoms with E-state index in [0.717, 1.165) is 60.5 Å². The van der Waals surface area contributed by atoms with Crippen molar-refractivity contribution in [3.63, 3.8) is 0 Å². The van der Waals surface area contributed by atoms with E-state index >= 15 is 0 Å². The molecule has 0 unspecified atom stereocenters. The van der Waals surface area contributed by atoms with Crippen LogP contribution in [0.2, 0.25) is 0 Å². The van der Waals surface area contributed by atoms with E-state index < -0.39 is 24.1 Å². The number of methoxy groups -OCH3 is 3. The Kier molecular flexibility index (Phi) is 8.61. The predicted molar refractivity (Wildman–Crippen MR) is 166 cm³/mol. The number of hydrogen-bond donors (Lipinski definition) is 1. The number of aromatic nitrogens is 1. The number of carbonyl (C=O) groups excluding carboxylic acids is 2. The van der Waals surface area contributed by atoms with Crippen LogP contribution in [0.15, 0.2) is 30.3 Å². The summed E-state index contributed by atoms with van der Waals surface area (Å²) in [5, 5.41) is 1.23. The highest BCUT2D eigenvalue weighted by molar-refractivity contribution is 5.93. The zero-order chi connectivity index (χ0) is 31.1. The number of H-pyrrole nitrogens is 1. The van der Waals surface area contributed by atoms with Gasteiger partial charge in [0.15, 0.2) is 0 Å². The van der Waals surface area contributed by atoms with Crippen LogP contribution in [0.3, 0.4) is 0 Å². The summed E-state index contributed by atoms with van der Waals surface area (Å²) in [4.78, 5) is 33.4.